The second-order valence-electron chi connectivity index (χ2n) is 4.83. The van der Waals surface area contributed by atoms with Crippen LogP contribution in [-0.4, -0.2) is 27.6 Å². The van der Waals surface area contributed by atoms with E-state index in [0.29, 0.717) is 11.5 Å². The predicted molar refractivity (Wildman–Crippen MR) is 83.0 cm³/mol. The molecule has 0 aliphatic rings. The average molecular weight is 290 g/mol. The third-order valence-corrected chi connectivity index (χ3v) is 3.56. The summed E-state index contributed by atoms with van der Waals surface area (Å²) in [5.41, 5.74) is 0.969. The molecule has 21 heavy (non-hydrogen) atoms. The van der Waals surface area contributed by atoms with E-state index >= 15 is 0 Å². The molecule has 0 radical (unpaired) electrons. The van der Waals surface area contributed by atoms with Gasteiger partial charge in [-0.2, -0.15) is 0 Å². The molecule has 0 saturated carbocycles. The lowest BCUT2D eigenvalue weighted by Crippen LogP contribution is -2.14. The van der Waals surface area contributed by atoms with Crippen molar-refractivity contribution in [3.8, 4) is 11.5 Å². The first-order valence-corrected chi connectivity index (χ1v) is 6.94. The number of rotatable bonds is 6. The molecule has 0 fully saturated rings. The molecular weight excluding hydrogens is 268 g/mol. The molecule has 2 rings (SSSR count). The quantitative estimate of drug-likeness (QED) is 0.755. The van der Waals surface area contributed by atoms with Gasteiger partial charge in [-0.15, -0.1) is 0 Å². The van der Waals surface area contributed by atoms with Crippen molar-refractivity contribution in [2.75, 3.05) is 21.3 Å². The van der Waals surface area contributed by atoms with Crippen molar-refractivity contribution in [3.05, 3.63) is 35.9 Å². The van der Waals surface area contributed by atoms with Crippen LogP contribution in [-0.2, 0) is 9.47 Å². The Labute approximate surface area is 125 Å². The van der Waals surface area contributed by atoms with Gasteiger partial charge in [0.1, 0.15) is 0 Å². The Morgan fingerprint density at radius 2 is 1.67 bits per heavy atom. The molecule has 0 saturated heterocycles. The molecule has 4 nitrogen and oxygen atoms in total. The Bertz CT molecular complexity index is 609. The second kappa shape index (κ2) is 6.78. The molecule has 4 heteroatoms. The van der Waals surface area contributed by atoms with Crippen LogP contribution in [0, 0.1) is 0 Å². The monoisotopic (exact) mass is 290 g/mol. The van der Waals surface area contributed by atoms with Gasteiger partial charge in [0.15, 0.2) is 17.8 Å². The van der Waals surface area contributed by atoms with Gasteiger partial charge in [0.25, 0.3) is 0 Å². The van der Waals surface area contributed by atoms with E-state index in [4.69, 9.17) is 18.9 Å². The number of methoxy groups -OCH3 is 3. The van der Waals surface area contributed by atoms with Crippen molar-refractivity contribution >= 4 is 10.8 Å². The molecule has 0 spiro atoms. The summed E-state index contributed by atoms with van der Waals surface area (Å²) in [5.74, 6) is 1.40. The van der Waals surface area contributed by atoms with E-state index in [9.17, 15) is 0 Å². The summed E-state index contributed by atoms with van der Waals surface area (Å²) in [7, 11) is 4.90. The highest BCUT2D eigenvalue weighted by molar-refractivity contribution is 5.90. The van der Waals surface area contributed by atoms with Crippen molar-refractivity contribution in [1.82, 2.24) is 0 Å². The molecule has 0 heterocycles. The van der Waals surface area contributed by atoms with Gasteiger partial charge in [-0.05, 0) is 30.7 Å². The lowest BCUT2D eigenvalue weighted by atomic mass is 9.99. The van der Waals surface area contributed by atoms with Crippen LogP contribution in [0.25, 0.3) is 10.8 Å². The lowest BCUT2D eigenvalue weighted by Gasteiger charge is -2.23. The minimum absolute atomic E-state index is 0.185. The van der Waals surface area contributed by atoms with Crippen LogP contribution in [0.5, 0.6) is 11.5 Å². The molecule has 0 amide bonds. The summed E-state index contributed by atoms with van der Waals surface area (Å²) in [6.45, 7) is 3.85. The van der Waals surface area contributed by atoms with Gasteiger partial charge in [-0.25, -0.2) is 0 Å². The Morgan fingerprint density at radius 1 is 0.952 bits per heavy atom. The number of fused-ring (bicyclic) bond motifs is 1. The fourth-order valence-electron chi connectivity index (χ4n) is 2.51. The molecule has 2 unspecified atom stereocenters. The maximum Gasteiger partial charge on any atom is 0.167 e. The maximum absolute atomic E-state index is 5.88. The SMILES string of the molecule is COc1cc2ccccc2c(C(C)OC(C)OC)c1OC. The Balaban J connectivity index is 2.62. The standard InChI is InChI=1S/C17H22O4/c1-11(21-12(2)18-3)16-14-9-7-6-8-13(14)10-15(19-4)17(16)20-5/h6-12H,1-5H3. The predicted octanol–water partition coefficient (Wildman–Crippen LogP) is 3.93. The highest BCUT2D eigenvalue weighted by Crippen LogP contribution is 2.42. The third-order valence-electron chi connectivity index (χ3n) is 3.56. The number of ether oxygens (including phenoxy) is 4. The van der Waals surface area contributed by atoms with E-state index in [1.54, 1.807) is 21.3 Å². The van der Waals surface area contributed by atoms with Crippen LogP contribution in [0.1, 0.15) is 25.5 Å². The zero-order valence-electron chi connectivity index (χ0n) is 13.2. The molecule has 2 aromatic carbocycles. The number of benzene rings is 2. The average Bonchev–Trinajstić information content (AvgIpc) is 2.52. The summed E-state index contributed by atoms with van der Waals surface area (Å²) in [6.07, 6.45) is -0.482. The largest absolute Gasteiger partial charge is 0.493 e. The summed E-state index contributed by atoms with van der Waals surface area (Å²) in [6, 6.07) is 10.1. The van der Waals surface area contributed by atoms with Crippen molar-refractivity contribution in [3.63, 3.8) is 0 Å². The van der Waals surface area contributed by atoms with Crippen molar-refractivity contribution in [2.24, 2.45) is 0 Å². The topological polar surface area (TPSA) is 36.9 Å². The van der Waals surface area contributed by atoms with Gasteiger partial charge >= 0.3 is 0 Å². The molecule has 2 atom stereocenters. The molecule has 0 aromatic heterocycles. The minimum Gasteiger partial charge on any atom is -0.493 e. The lowest BCUT2D eigenvalue weighted by molar-refractivity contribution is -0.140. The van der Waals surface area contributed by atoms with Crippen LogP contribution >= 0.6 is 0 Å². The normalized spacial score (nSPS) is 14.0. The second-order valence-corrected chi connectivity index (χ2v) is 4.83. The first-order chi connectivity index (χ1) is 10.1. The van der Waals surface area contributed by atoms with Gasteiger partial charge in [0, 0.05) is 12.7 Å². The van der Waals surface area contributed by atoms with E-state index in [-0.39, 0.29) is 12.4 Å². The van der Waals surface area contributed by atoms with Crippen LogP contribution in [0.4, 0.5) is 0 Å². The number of hydrogen-bond acceptors (Lipinski definition) is 4. The fraction of sp³-hybridized carbons (Fsp3) is 0.412. The van der Waals surface area contributed by atoms with Gasteiger partial charge in [-0.3, -0.25) is 0 Å². The van der Waals surface area contributed by atoms with E-state index in [0.717, 1.165) is 16.3 Å². The summed E-state index contributed by atoms with van der Waals surface area (Å²) >= 11 is 0. The van der Waals surface area contributed by atoms with Crippen LogP contribution in [0.3, 0.4) is 0 Å². The van der Waals surface area contributed by atoms with Gasteiger partial charge < -0.3 is 18.9 Å². The highest BCUT2D eigenvalue weighted by Gasteiger charge is 2.21. The fourth-order valence-corrected chi connectivity index (χ4v) is 2.51. The molecule has 0 aliphatic carbocycles. The Kier molecular flexibility index (Phi) is 5.04. The molecule has 2 aromatic rings. The van der Waals surface area contributed by atoms with E-state index in [1.165, 1.54) is 0 Å². The summed E-state index contributed by atoms with van der Waals surface area (Å²) in [4.78, 5) is 0. The van der Waals surface area contributed by atoms with Gasteiger partial charge in [0.2, 0.25) is 0 Å². The van der Waals surface area contributed by atoms with E-state index in [1.807, 2.05) is 38.1 Å². The Morgan fingerprint density at radius 3 is 2.29 bits per heavy atom. The smallest absolute Gasteiger partial charge is 0.167 e. The zero-order chi connectivity index (χ0) is 15.4. The van der Waals surface area contributed by atoms with Crippen LogP contribution < -0.4 is 9.47 Å². The number of hydrogen-bond donors (Lipinski definition) is 0. The van der Waals surface area contributed by atoms with Crippen LogP contribution in [0.2, 0.25) is 0 Å². The summed E-state index contributed by atoms with van der Waals surface area (Å²) < 4.78 is 22.1. The zero-order valence-corrected chi connectivity index (χ0v) is 13.2. The van der Waals surface area contributed by atoms with Crippen molar-refractivity contribution < 1.29 is 18.9 Å². The van der Waals surface area contributed by atoms with Crippen LogP contribution in [0.15, 0.2) is 30.3 Å². The van der Waals surface area contributed by atoms with E-state index in [2.05, 4.69) is 6.07 Å². The summed E-state index contributed by atoms with van der Waals surface area (Å²) in [5, 5.41) is 2.18. The maximum atomic E-state index is 5.88. The van der Waals surface area contributed by atoms with E-state index < -0.39 is 0 Å². The molecule has 114 valence electrons. The van der Waals surface area contributed by atoms with Crippen molar-refractivity contribution in [1.29, 1.82) is 0 Å². The molecule has 0 bridgehead atoms. The third kappa shape index (κ3) is 3.12. The van der Waals surface area contributed by atoms with Gasteiger partial charge in [0.05, 0.1) is 20.3 Å². The Hall–Kier alpha value is -1.78. The van der Waals surface area contributed by atoms with Crippen molar-refractivity contribution in [2.45, 2.75) is 26.2 Å². The highest BCUT2D eigenvalue weighted by atomic mass is 16.7. The first kappa shape index (κ1) is 15.6. The van der Waals surface area contributed by atoms with Gasteiger partial charge in [-0.1, -0.05) is 24.3 Å². The molecule has 0 N–H and O–H groups in total. The first-order valence-electron chi connectivity index (χ1n) is 6.94. The minimum atomic E-state index is -0.297. The molecular formula is C17H22O4. The molecule has 0 aliphatic heterocycles.